The van der Waals surface area contributed by atoms with Crippen molar-refractivity contribution in [3.63, 3.8) is 0 Å². The first kappa shape index (κ1) is 23.4. The van der Waals surface area contributed by atoms with Gasteiger partial charge in [0.05, 0.1) is 15.1 Å². The normalized spacial score (nSPS) is 14.9. The number of benzene rings is 2. The lowest BCUT2D eigenvalue weighted by Gasteiger charge is -2.15. The van der Waals surface area contributed by atoms with Crippen LogP contribution in [0.5, 0.6) is 11.5 Å². The fourth-order valence-electron chi connectivity index (χ4n) is 2.76. The molecule has 0 aromatic heterocycles. The summed E-state index contributed by atoms with van der Waals surface area (Å²) >= 11 is 9.00. The number of hydrogen-bond donors (Lipinski definition) is 1. The average Bonchev–Trinajstić information content (AvgIpc) is 2.96. The molecule has 2 amide bonds. The SMILES string of the molecule is CCOc1cc(/C=C2/SC(=O)N(CC(=O)O)C2=O)cc(I)c1OCc1ccccc1Cl. The van der Waals surface area contributed by atoms with Gasteiger partial charge in [0.15, 0.2) is 11.5 Å². The maximum atomic E-state index is 12.4. The van der Waals surface area contributed by atoms with E-state index in [0.29, 0.717) is 45.4 Å². The summed E-state index contributed by atoms with van der Waals surface area (Å²) in [4.78, 5) is 36.1. The Bertz CT molecular complexity index is 1070. The number of imide groups is 1. The Morgan fingerprint density at radius 2 is 2.00 bits per heavy atom. The van der Waals surface area contributed by atoms with E-state index in [2.05, 4.69) is 22.6 Å². The third-order valence-electron chi connectivity index (χ3n) is 4.13. The molecule has 0 bridgehead atoms. The molecule has 1 saturated heterocycles. The van der Waals surface area contributed by atoms with E-state index in [-0.39, 0.29) is 11.5 Å². The van der Waals surface area contributed by atoms with Crippen molar-refractivity contribution in [3.8, 4) is 11.5 Å². The van der Waals surface area contributed by atoms with Crippen LogP contribution in [0.2, 0.25) is 5.02 Å². The smallest absolute Gasteiger partial charge is 0.323 e. The van der Waals surface area contributed by atoms with Gasteiger partial charge in [0.25, 0.3) is 11.1 Å². The van der Waals surface area contributed by atoms with Gasteiger partial charge >= 0.3 is 5.97 Å². The number of aliphatic carboxylic acids is 1. The summed E-state index contributed by atoms with van der Waals surface area (Å²) in [5.74, 6) is -0.864. The van der Waals surface area contributed by atoms with Crippen molar-refractivity contribution in [1.82, 2.24) is 4.90 Å². The van der Waals surface area contributed by atoms with Crippen LogP contribution < -0.4 is 9.47 Å². The number of ether oxygens (including phenoxy) is 2. The van der Waals surface area contributed by atoms with Gasteiger partial charge in [-0.05, 0) is 71.1 Å². The molecule has 1 N–H and O–H groups in total. The number of carboxylic acid groups (broad SMARTS) is 1. The Morgan fingerprint density at radius 3 is 2.68 bits per heavy atom. The van der Waals surface area contributed by atoms with Crippen LogP contribution in [0.25, 0.3) is 6.08 Å². The molecule has 1 heterocycles. The van der Waals surface area contributed by atoms with Gasteiger partial charge in [0.1, 0.15) is 13.2 Å². The first-order valence-corrected chi connectivity index (χ1v) is 11.4. The fourth-order valence-corrected chi connectivity index (χ4v) is 4.57. The molecule has 0 spiro atoms. The Morgan fingerprint density at radius 1 is 1.26 bits per heavy atom. The van der Waals surface area contributed by atoms with Gasteiger partial charge in [-0.1, -0.05) is 29.8 Å². The van der Waals surface area contributed by atoms with Crippen LogP contribution in [-0.2, 0) is 16.2 Å². The topological polar surface area (TPSA) is 93.1 Å². The van der Waals surface area contributed by atoms with E-state index in [9.17, 15) is 14.4 Å². The molecule has 0 aliphatic carbocycles. The molecular weight excluding hydrogens is 557 g/mol. The monoisotopic (exact) mass is 573 g/mol. The number of nitrogens with zero attached hydrogens (tertiary/aromatic N) is 1. The van der Waals surface area contributed by atoms with Crippen LogP contribution in [-0.4, -0.2) is 40.3 Å². The zero-order valence-corrected chi connectivity index (χ0v) is 20.0. The highest BCUT2D eigenvalue weighted by molar-refractivity contribution is 14.1. The lowest BCUT2D eigenvalue weighted by molar-refractivity contribution is -0.140. The van der Waals surface area contributed by atoms with Gasteiger partial charge in [0, 0.05) is 10.6 Å². The van der Waals surface area contributed by atoms with Gasteiger partial charge < -0.3 is 14.6 Å². The number of carbonyl (C=O) groups excluding carboxylic acids is 2. The van der Waals surface area contributed by atoms with Gasteiger partial charge in [-0.15, -0.1) is 0 Å². The molecule has 10 heteroatoms. The Kier molecular flexibility index (Phi) is 7.84. The molecule has 3 rings (SSSR count). The maximum Gasteiger partial charge on any atom is 0.323 e. The summed E-state index contributed by atoms with van der Waals surface area (Å²) in [6.07, 6.45) is 1.54. The average molecular weight is 574 g/mol. The van der Waals surface area contributed by atoms with Gasteiger partial charge in [-0.2, -0.15) is 0 Å². The summed E-state index contributed by atoms with van der Waals surface area (Å²) in [5.41, 5.74) is 1.46. The molecule has 1 fully saturated rings. The maximum absolute atomic E-state index is 12.4. The number of rotatable bonds is 8. The van der Waals surface area contributed by atoms with E-state index in [0.717, 1.165) is 9.13 Å². The molecule has 2 aromatic rings. The van der Waals surface area contributed by atoms with Crippen LogP contribution in [0.4, 0.5) is 4.79 Å². The number of carboxylic acids is 1. The highest BCUT2D eigenvalue weighted by Crippen LogP contribution is 2.38. The standard InChI is InChI=1S/C21H17ClINO6S/c1-2-29-16-8-12(9-17-20(27)24(10-18(25)26)21(28)31-17)7-15(23)19(16)30-11-13-5-3-4-6-14(13)22/h3-9H,2,10-11H2,1H3,(H,25,26)/b17-9+. The predicted molar refractivity (Wildman–Crippen MR) is 126 cm³/mol. The lowest BCUT2D eigenvalue weighted by atomic mass is 10.1. The van der Waals surface area contributed by atoms with Crippen molar-refractivity contribution in [3.05, 3.63) is 61.0 Å². The minimum atomic E-state index is -1.25. The molecule has 0 unspecified atom stereocenters. The zero-order chi connectivity index (χ0) is 22.5. The number of carbonyl (C=O) groups is 3. The van der Waals surface area contributed by atoms with Gasteiger partial charge in [-0.3, -0.25) is 19.3 Å². The first-order valence-electron chi connectivity index (χ1n) is 9.09. The quantitative estimate of drug-likeness (QED) is 0.349. The van der Waals surface area contributed by atoms with Crippen molar-refractivity contribution in [1.29, 1.82) is 0 Å². The van der Waals surface area contributed by atoms with Crippen molar-refractivity contribution >= 4 is 69.1 Å². The molecule has 0 saturated carbocycles. The van der Waals surface area contributed by atoms with E-state index in [1.165, 1.54) is 6.08 Å². The highest BCUT2D eigenvalue weighted by Gasteiger charge is 2.36. The van der Waals surface area contributed by atoms with Crippen molar-refractivity contribution in [2.75, 3.05) is 13.2 Å². The minimum Gasteiger partial charge on any atom is -0.490 e. The Balaban J connectivity index is 1.87. The van der Waals surface area contributed by atoms with Crippen LogP contribution in [0, 0.1) is 3.57 Å². The van der Waals surface area contributed by atoms with Crippen LogP contribution >= 0.6 is 46.0 Å². The molecule has 0 radical (unpaired) electrons. The summed E-state index contributed by atoms with van der Waals surface area (Å²) in [5, 5.41) is 8.87. The third-order valence-corrected chi connectivity index (χ3v) is 6.20. The Labute approximate surface area is 201 Å². The molecule has 0 atom stereocenters. The second kappa shape index (κ2) is 10.4. The second-order valence-corrected chi connectivity index (χ2v) is 8.87. The minimum absolute atomic E-state index is 0.147. The second-order valence-electron chi connectivity index (χ2n) is 6.30. The molecule has 2 aromatic carbocycles. The lowest BCUT2D eigenvalue weighted by Crippen LogP contribution is -2.33. The highest BCUT2D eigenvalue weighted by atomic mass is 127. The van der Waals surface area contributed by atoms with Gasteiger partial charge in [0.2, 0.25) is 0 Å². The zero-order valence-electron chi connectivity index (χ0n) is 16.3. The van der Waals surface area contributed by atoms with E-state index in [1.54, 1.807) is 18.2 Å². The van der Waals surface area contributed by atoms with Gasteiger partial charge in [-0.25, -0.2) is 0 Å². The largest absolute Gasteiger partial charge is 0.490 e. The molecular formula is C21H17ClINO6S. The third kappa shape index (κ3) is 5.72. The molecule has 162 valence electrons. The molecule has 1 aliphatic heterocycles. The van der Waals surface area contributed by atoms with Crippen molar-refractivity contribution < 1.29 is 29.0 Å². The summed E-state index contributed by atoms with van der Waals surface area (Å²) in [7, 11) is 0. The summed E-state index contributed by atoms with van der Waals surface area (Å²) < 4.78 is 12.4. The van der Waals surface area contributed by atoms with Crippen molar-refractivity contribution in [2.45, 2.75) is 13.5 Å². The molecule has 1 aliphatic rings. The predicted octanol–water partition coefficient (Wildman–Crippen LogP) is 5.04. The fraction of sp³-hybridized carbons (Fsp3) is 0.190. The van der Waals surface area contributed by atoms with Crippen LogP contribution in [0.1, 0.15) is 18.1 Å². The van der Waals surface area contributed by atoms with Crippen molar-refractivity contribution in [2.24, 2.45) is 0 Å². The number of amides is 2. The first-order chi connectivity index (χ1) is 14.8. The molecule has 7 nitrogen and oxygen atoms in total. The van der Waals surface area contributed by atoms with E-state index in [4.69, 9.17) is 26.2 Å². The van der Waals surface area contributed by atoms with E-state index >= 15 is 0 Å². The van der Waals surface area contributed by atoms with E-state index in [1.807, 2.05) is 25.1 Å². The van der Waals surface area contributed by atoms with E-state index < -0.39 is 23.7 Å². The number of halogens is 2. The number of thioether (sulfide) groups is 1. The van der Waals surface area contributed by atoms with Crippen LogP contribution in [0.3, 0.4) is 0 Å². The summed E-state index contributed by atoms with van der Waals surface area (Å²) in [6, 6.07) is 10.9. The summed E-state index contributed by atoms with van der Waals surface area (Å²) in [6.45, 7) is 1.83. The van der Waals surface area contributed by atoms with Crippen LogP contribution in [0.15, 0.2) is 41.3 Å². The Hall–Kier alpha value is -2.24. The molecule has 31 heavy (non-hydrogen) atoms. The number of hydrogen-bond acceptors (Lipinski definition) is 6.